The average molecular weight is 1030 g/mol. The van der Waals surface area contributed by atoms with E-state index in [1.165, 1.54) is 72.6 Å². The molecule has 0 amide bonds. The van der Waals surface area contributed by atoms with Crippen molar-refractivity contribution in [1.29, 1.82) is 0 Å². The number of hydrogen-bond acceptors (Lipinski definition) is 4. The van der Waals surface area contributed by atoms with E-state index in [0.717, 1.165) is 5.69 Å². The summed E-state index contributed by atoms with van der Waals surface area (Å²) in [5, 5.41) is 0. The topological polar surface area (TPSA) is 13.0 Å². The zero-order valence-corrected chi connectivity index (χ0v) is 45.0. The van der Waals surface area contributed by atoms with Crippen LogP contribution in [-0.4, -0.2) is 4.90 Å². The Bertz CT molecular complexity index is 3330. The zero-order chi connectivity index (χ0) is 53.3. The second-order valence-corrected chi connectivity index (χ2v) is 20.6. The van der Waals surface area contributed by atoms with Gasteiger partial charge in [-0.2, -0.15) is 0 Å². The molecule has 79 heavy (non-hydrogen) atoms. The van der Waals surface area contributed by atoms with E-state index in [0.29, 0.717) is 52.4 Å². The van der Waals surface area contributed by atoms with E-state index in [1.807, 2.05) is 0 Å². The Morgan fingerprint density at radius 1 is 0.203 bits per heavy atom. The summed E-state index contributed by atoms with van der Waals surface area (Å²) in [6.45, 7) is 5.35. The largest absolute Gasteiger partial charge is 0.361 e. The summed E-state index contributed by atoms with van der Waals surface area (Å²) in [4.78, 5) is 10.8. The smallest absolute Gasteiger partial charge is 0.0999 e. The van der Waals surface area contributed by atoms with Crippen LogP contribution in [0.3, 0.4) is 0 Å². The molecule has 11 aromatic carbocycles. The fourth-order valence-corrected chi connectivity index (χ4v) is 11.5. The molecular weight excluding hydrogens is 957 g/mol. The molecule has 0 spiro atoms. The number of hydrogen-bond donors (Lipinski definition) is 0. The van der Waals surface area contributed by atoms with Crippen molar-refractivity contribution < 1.29 is 0 Å². The first-order valence-corrected chi connectivity index (χ1v) is 27.8. The Hall–Kier alpha value is -9.22. The van der Waals surface area contributed by atoms with E-state index in [1.54, 1.807) is 0 Å². The van der Waals surface area contributed by atoms with Crippen LogP contribution in [0.2, 0.25) is 0 Å². The summed E-state index contributed by atoms with van der Waals surface area (Å²) in [7, 11) is 0. The summed E-state index contributed by atoms with van der Waals surface area (Å²) < 4.78 is 0. The van der Waals surface area contributed by atoms with Gasteiger partial charge in [0.25, 0.3) is 0 Å². The van der Waals surface area contributed by atoms with Gasteiger partial charge in [0, 0.05) is 57.9 Å². The molecule has 11 rings (SSSR count). The average Bonchev–Trinajstić information content (AvgIpc) is 3.60. The van der Waals surface area contributed by atoms with E-state index >= 15 is 0 Å². The number of rotatable bonds is 23. The molecule has 4 nitrogen and oxygen atoms in total. The van der Waals surface area contributed by atoms with Crippen LogP contribution in [0.25, 0.3) is 0 Å². The minimum absolute atomic E-state index is 0.651. The van der Waals surface area contributed by atoms with Crippen LogP contribution in [0.5, 0.6) is 0 Å². The van der Waals surface area contributed by atoms with E-state index in [2.05, 4.69) is 335 Å². The number of benzene rings is 11. The summed E-state index contributed by atoms with van der Waals surface area (Å²) >= 11 is 0. The third kappa shape index (κ3) is 12.6. The van der Waals surface area contributed by atoms with Crippen molar-refractivity contribution in [2.75, 3.05) is 14.7 Å². The predicted molar refractivity (Wildman–Crippen MR) is 330 cm³/mol. The van der Waals surface area contributed by atoms with E-state index in [4.69, 9.17) is 0 Å². The molecule has 0 aliphatic carbocycles. The highest BCUT2D eigenvalue weighted by atomic mass is 15.3. The third-order valence-electron chi connectivity index (χ3n) is 15.1. The molecule has 0 aliphatic heterocycles. The highest BCUT2D eigenvalue weighted by Gasteiger charge is 2.46. The predicted octanol–water partition coefficient (Wildman–Crippen LogP) is 17.3. The monoisotopic (exact) mass is 1020 g/mol. The molecule has 0 heterocycles. The van der Waals surface area contributed by atoms with E-state index in [-0.39, 0.29) is 0 Å². The van der Waals surface area contributed by atoms with Gasteiger partial charge >= 0.3 is 0 Å². The lowest BCUT2D eigenvalue weighted by Crippen LogP contribution is -2.48. The van der Waals surface area contributed by atoms with Gasteiger partial charge < -0.3 is 14.7 Å². The first-order chi connectivity index (χ1) is 39.2. The lowest BCUT2D eigenvalue weighted by Gasteiger charge is -2.49. The maximum atomic E-state index is 2.76. The molecule has 4 heteroatoms. The van der Waals surface area contributed by atoms with Gasteiger partial charge in [0.2, 0.25) is 0 Å². The van der Waals surface area contributed by atoms with Gasteiger partial charge in [0.05, 0.1) is 22.6 Å². The molecule has 388 valence electrons. The zero-order valence-electron chi connectivity index (χ0n) is 45.0. The van der Waals surface area contributed by atoms with Crippen molar-refractivity contribution in [3.8, 4) is 0 Å². The van der Waals surface area contributed by atoms with Gasteiger partial charge in [-0.15, -0.1) is 0 Å². The summed E-state index contributed by atoms with van der Waals surface area (Å²) in [6, 6.07) is 116. The Morgan fingerprint density at radius 2 is 0.430 bits per heavy atom. The SMILES string of the molecule is c1ccc(CN(Cc2ccccc2)c2ccc(C(c3ccccc3)(c3ccccc3)N(Cc3ccccc3)Cc3ccccc3)c(N(Cc3ccccc3)Cc3ccccc3)c2N(Cc2ccccc2)Cc2ccccc2)cc1. The third-order valence-corrected chi connectivity index (χ3v) is 15.1. The quantitative estimate of drug-likeness (QED) is 0.0592. The van der Waals surface area contributed by atoms with Crippen LogP contribution in [-0.2, 0) is 57.9 Å². The fraction of sp³-hybridized carbons (Fsp3) is 0.120. The van der Waals surface area contributed by atoms with Crippen LogP contribution in [0.1, 0.15) is 61.2 Å². The number of anilines is 3. The van der Waals surface area contributed by atoms with Gasteiger partial charge in [0.15, 0.2) is 0 Å². The Labute approximate surface area is 468 Å². The van der Waals surface area contributed by atoms with Gasteiger partial charge in [-0.1, -0.05) is 309 Å². The van der Waals surface area contributed by atoms with Crippen LogP contribution >= 0.6 is 0 Å². The van der Waals surface area contributed by atoms with Crippen molar-refractivity contribution in [3.63, 3.8) is 0 Å². The van der Waals surface area contributed by atoms with Gasteiger partial charge in [0.1, 0.15) is 0 Å². The Balaban J connectivity index is 1.32. The summed E-state index contributed by atoms with van der Waals surface area (Å²) in [6.07, 6.45) is 0. The van der Waals surface area contributed by atoms with E-state index in [9.17, 15) is 0 Å². The molecular formula is C75H68N4. The lowest BCUT2D eigenvalue weighted by atomic mass is 9.73. The molecule has 0 aliphatic rings. The van der Waals surface area contributed by atoms with Crippen LogP contribution in [0.15, 0.2) is 315 Å². The maximum Gasteiger partial charge on any atom is 0.0999 e. The van der Waals surface area contributed by atoms with Crippen LogP contribution < -0.4 is 14.7 Å². The van der Waals surface area contributed by atoms with Gasteiger partial charge in [-0.3, -0.25) is 4.90 Å². The molecule has 0 aromatic heterocycles. The first-order valence-electron chi connectivity index (χ1n) is 27.8. The first kappa shape index (κ1) is 51.9. The summed E-state index contributed by atoms with van der Waals surface area (Å²) in [5.41, 5.74) is 16.1. The molecule has 11 aromatic rings. The minimum atomic E-state index is -0.892. The normalized spacial score (nSPS) is 11.3. The molecule has 0 atom stereocenters. The highest BCUT2D eigenvalue weighted by molar-refractivity contribution is 5.89. The second kappa shape index (κ2) is 25.7. The lowest BCUT2D eigenvalue weighted by molar-refractivity contribution is 0.138. The fourth-order valence-electron chi connectivity index (χ4n) is 11.5. The van der Waals surface area contributed by atoms with Gasteiger partial charge in [-0.05, 0) is 61.7 Å². The Morgan fingerprint density at radius 3 is 0.709 bits per heavy atom. The highest BCUT2D eigenvalue weighted by Crippen LogP contribution is 2.54. The van der Waals surface area contributed by atoms with Crippen molar-refractivity contribution in [3.05, 3.63) is 377 Å². The van der Waals surface area contributed by atoms with Crippen molar-refractivity contribution in [1.82, 2.24) is 4.90 Å². The van der Waals surface area contributed by atoms with Gasteiger partial charge in [-0.25, -0.2) is 0 Å². The molecule has 0 N–H and O–H groups in total. The standard InChI is InChI=1S/C75H68N4/c1-11-31-61(32-12-1)53-76(54-62-33-13-2-14-34-62)72-52-51-71(75(69-47-27-9-28-48-69,70-49-29-10-30-50-70)79(59-67-43-23-7-24-44-67)60-68-45-25-8-26-46-68)73(77(55-63-35-15-3-16-36-63)56-64-37-17-4-18-38-64)74(72)78(57-65-39-19-5-20-40-65)58-66-41-21-6-22-42-66/h1-52H,53-60H2. The second-order valence-electron chi connectivity index (χ2n) is 20.6. The van der Waals surface area contributed by atoms with Crippen LogP contribution in [0.4, 0.5) is 17.1 Å². The van der Waals surface area contributed by atoms with Crippen molar-refractivity contribution >= 4 is 17.1 Å². The molecule has 0 bridgehead atoms. The molecule has 0 saturated heterocycles. The molecule has 0 fully saturated rings. The van der Waals surface area contributed by atoms with E-state index < -0.39 is 5.54 Å². The number of nitrogens with zero attached hydrogens (tertiary/aromatic N) is 4. The minimum Gasteiger partial charge on any atom is -0.361 e. The molecule has 0 unspecified atom stereocenters. The van der Waals surface area contributed by atoms with Crippen molar-refractivity contribution in [2.24, 2.45) is 0 Å². The Kier molecular flexibility index (Phi) is 16.9. The molecule has 0 saturated carbocycles. The molecule has 0 radical (unpaired) electrons. The summed E-state index contributed by atoms with van der Waals surface area (Å²) in [5.74, 6) is 0. The van der Waals surface area contributed by atoms with Crippen molar-refractivity contribution in [2.45, 2.75) is 57.9 Å². The maximum absolute atomic E-state index is 2.76. The van der Waals surface area contributed by atoms with Crippen LogP contribution in [0, 0.1) is 0 Å².